The molecule has 2 heterocycles. The van der Waals surface area contributed by atoms with E-state index >= 15 is 0 Å². The van der Waals surface area contributed by atoms with E-state index in [-0.39, 0.29) is 21.9 Å². The van der Waals surface area contributed by atoms with Gasteiger partial charge in [-0.3, -0.25) is 14.8 Å². The molecule has 0 unspecified atom stereocenters. The van der Waals surface area contributed by atoms with Crippen LogP contribution in [0.5, 0.6) is 5.75 Å². The number of carbonyl (C=O) groups excluding carboxylic acids is 2. The summed E-state index contributed by atoms with van der Waals surface area (Å²) in [6, 6.07) is 5.13. The minimum atomic E-state index is -0.790. The molecule has 2 N–H and O–H groups in total. The van der Waals surface area contributed by atoms with Gasteiger partial charge in [-0.05, 0) is 32.3 Å². The summed E-state index contributed by atoms with van der Waals surface area (Å²) in [6.45, 7) is 3.31. The molecule has 1 fully saturated rings. The molecule has 24 heavy (non-hydrogen) atoms. The zero-order chi connectivity index (χ0) is 17.0. The highest BCUT2D eigenvalue weighted by atomic mass is 16.5. The summed E-state index contributed by atoms with van der Waals surface area (Å²) < 4.78 is 0. The molecule has 0 saturated carbocycles. The van der Waals surface area contributed by atoms with Crippen molar-refractivity contribution < 1.29 is 19.9 Å². The molecule has 2 aliphatic heterocycles. The van der Waals surface area contributed by atoms with Crippen molar-refractivity contribution in [2.45, 2.75) is 26.2 Å². The van der Waals surface area contributed by atoms with Crippen molar-refractivity contribution in [2.75, 3.05) is 18.0 Å². The molecule has 2 amide bonds. The van der Waals surface area contributed by atoms with Crippen LogP contribution in [0.25, 0.3) is 10.8 Å². The first-order valence-electron chi connectivity index (χ1n) is 8.13. The van der Waals surface area contributed by atoms with E-state index in [4.69, 9.17) is 0 Å². The first-order chi connectivity index (χ1) is 11.5. The van der Waals surface area contributed by atoms with Crippen molar-refractivity contribution in [1.29, 1.82) is 0 Å². The summed E-state index contributed by atoms with van der Waals surface area (Å²) in [5, 5.41) is 21.9. The van der Waals surface area contributed by atoms with Crippen molar-refractivity contribution in [1.82, 2.24) is 5.06 Å². The van der Waals surface area contributed by atoms with E-state index in [1.807, 2.05) is 6.07 Å². The number of hydroxylamine groups is 2. The Morgan fingerprint density at radius 1 is 1.04 bits per heavy atom. The fourth-order valence-electron chi connectivity index (χ4n) is 3.83. The van der Waals surface area contributed by atoms with Gasteiger partial charge in [-0.25, -0.2) is 0 Å². The van der Waals surface area contributed by atoms with E-state index in [1.54, 1.807) is 19.1 Å². The maximum Gasteiger partial charge on any atom is 0.285 e. The van der Waals surface area contributed by atoms with Gasteiger partial charge in [0.1, 0.15) is 5.75 Å². The Labute approximate surface area is 138 Å². The zero-order valence-electron chi connectivity index (χ0n) is 13.4. The molecule has 4 rings (SSSR count). The van der Waals surface area contributed by atoms with Crippen LogP contribution in [0.15, 0.2) is 18.2 Å². The first kappa shape index (κ1) is 15.0. The molecule has 2 aromatic carbocycles. The molecule has 0 spiro atoms. The average Bonchev–Trinajstić information content (AvgIpc) is 2.60. The van der Waals surface area contributed by atoms with Crippen LogP contribution in [-0.4, -0.2) is 40.3 Å². The minimum Gasteiger partial charge on any atom is -0.505 e. The maximum atomic E-state index is 12.4. The second-order valence-electron chi connectivity index (χ2n) is 6.40. The molecule has 1 saturated heterocycles. The Kier molecular flexibility index (Phi) is 3.25. The highest BCUT2D eigenvalue weighted by Gasteiger charge is 2.36. The topological polar surface area (TPSA) is 81.1 Å². The van der Waals surface area contributed by atoms with Gasteiger partial charge < -0.3 is 10.0 Å². The quantitative estimate of drug-likeness (QED) is 0.622. The molecule has 0 aromatic heterocycles. The van der Waals surface area contributed by atoms with Crippen LogP contribution in [0.2, 0.25) is 0 Å². The number of rotatable bonds is 1. The number of nitrogens with zero attached hydrogens (tertiary/aromatic N) is 2. The number of hydrogen-bond acceptors (Lipinski definition) is 5. The molecule has 0 atom stereocenters. The highest BCUT2D eigenvalue weighted by Crippen LogP contribution is 2.45. The monoisotopic (exact) mass is 326 g/mol. The molecule has 6 heteroatoms. The molecule has 2 aromatic rings. The number of anilines is 1. The third kappa shape index (κ3) is 1.86. The number of phenols is 1. The van der Waals surface area contributed by atoms with Crippen LogP contribution >= 0.6 is 0 Å². The van der Waals surface area contributed by atoms with Gasteiger partial charge in [0.2, 0.25) is 0 Å². The van der Waals surface area contributed by atoms with Crippen LogP contribution in [0.1, 0.15) is 45.5 Å². The first-order valence-corrected chi connectivity index (χ1v) is 8.13. The van der Waals surface area contributed by atoms with Crippen LogP contribution < -0.4 is 4.90 Å². The van der Waals surface area contributed by atoms with Crippen LogP contribution in [0, 0.1) is 6.92 Å². The Bertz CT molecular complexity index is 884. The fraction of sp³-hybridized carbons (Fsp3) is 0.333. The predicted octanol–water partition coefficient (Wildman–Crippen LogP) is 2.83. The smallest absolute Gasteiger partial charge is 0.285 e. The number of imide groups is 1. The van der Waals surface area contributed by atoms with Gasteiger partial charge in [0.05, 0.1) is 16.8 Å². The summed E-state index contributed by atoms with van der Waals surface area (Å²) in [5.74, 6) is -1.47. The van der Waals surface area contributed by atoms with Crippen molar-refractivity contribution in [3.8, 4) is 5.75 Å². The van der Waals surface area contributed by atoms with Crippen molar-refractivity contribution in [3.05, 3.63) is 34.9 Å². The Morgan fingerprint density at radius 2 is 1.75 bits per heavy atom. The third-order valence-corrected chi connectivity index (χ3v) is 5.03. The third-order valence-electron chi connectivity index (χ3n) is 5.03. The lowest BCUT2D eigenvalue weighted by Gasteiger charge is -2.33. The van der Waals surface area contributed by atoms with Crippen LogP contribution in [-0.2, 0) is 0 Å². The lowest BCUT2D eigenvalue weighted by Crippen LogP contribution is -2.38. The highest BCUT2D eigenvalue weighted by molar-refractivity contribution is 6.27. The predicted molar refractivity (Wildman–Crippen MR) is 88.7 cm³/mol. The summed E-state index contributed by atoms with van der Waals surface area (Å²) in [4.78, 5) is 26.8. The fourth-order valence-corrected chi connectivity index (χ4v) is 3.83. The number of piperidine rings is 1. The van der Waals surface area contributed by atoms with E-state index < -0.39 is 11.8 Å². The Morgan fingerprint density at radius 3 is 2.46 bits per heavy atom. The van der Waals surface area contributed by atoms with E-state index in [1.165, 1.54) is 0 Å². The van der Waals surface area contributed by atoms with Gasteiger partial charge in [0, 0.05) is 29.4 Å². The number of hydrogen-bond donors (Lipinski definition) is 2. The van der Waals surface area contributed by atoms with Crippen LogP contribution in [0.3, 0.4) is 0 Å². The Hall–Kier alpha value is -2.60. The number of phenolic OH excluding ortho intramolecular Hbond substituents is 1. The maximum absolute atomic E-state index is 12.4. The van der Waals surface area contributed by atoms with Gasteiger partial charge in [-0.2, -0.15) is 0 Å². The van der Waals surface area contributed by atoms with Crippen molar-refractivity contribution >= 4 is 28.3 Å². The second kappa shape index (κ2) is 5.21. The number of benzene rings is 2. The van der Waals surface area contributed by atoms with Gasteiger partial charge >= 0.3 is 0 Å². The Balaban J connectivity index is 2.10. The standard InChI is InChI=1S/C18H18N2O4/c1-10-13-14-11(15(16(10)21)19-8-3-2-4-9-19)6-5-7-12(14)17(22)20(24)18(13)23/h5-7,21,24H,2-4,8-9H2,1H3. The van der Waals surface area contributed by atoms with E-state index in [9.17, 15) is 19.9 Å². The molecule has 0 bridgehead atoms. The molecular formula is C18H18N2O4. The van der Waals surface area contributed by atoms with Gasteiger partial charge in [-0.1, -0.05) is 12.1 Å². The molecule has 0 aliphatic carbocycles. The largest absolute Gasteiger partial charge is 0.505 e. The zero-order valence-corrected chi connectivity index (χ0v) is 13.4. The van der Waals surface area contributed by atoms with Crippen LogP contribution in [0.4, 0.5) is 5.69 Å². The summed E-state index contributed by atoms with van der Waals surface area (Å²) in [7, 11) is 0. The van der Waals surface area contributed by atoms with Gasteiger partial charge in [0.15, 0.2) is 0 Å². The normalized spacial score (nSPS) is 17.8. The molecule has 124 valence electrons. The van der Waals surface area contributed by atoms with E-state index in [0.29, 0.717) is 22.0 Å². The average molecular weight is 326 g/mol. The minimum absolute atomic E-state index is 0.0487. The lowest BCUT2D eigenvalue weighted by molar-refractivity contribution is -0.0378. The van der Waals surface area contributed by atoms with Gasteiger partial charge in [0.25, 0.3) is 11.8 Å². The van der Waals surface area contributed by atoms with Crippen molar-refractivity contribution in [3.63, 3.8) is 0 Å². The second-order valence-corrected chi connectivity index (χ2v) is 6.40. The number of amides is 2. The number of aromatic hydroxyl groups is 1. The van der Waals surface area contributed by atoms with E-state index in [0.717, 1.165) is 32.4 Å². The van der Waals surface area contributed by atoms with Crippen molar-refractivity contribution in [2.24, 2.45) is 0 Å². The molecular weight excluding hydrogens is 308 g/mol. The van der Waals surface area contributed by atoms with E-state index in [2.05, 4.69) is 4.90 Å². The SMILES string of the molecule is Cc1c(O)c(N2CCCCC2)c2cccc3c2c1C(=O)N(O)C3=O. The summed E-state index contributed by atoms with van der Waals surface area (Å²) in [6.07, 6.45) is 3.25. The van der Waals surface area contributed by atoms with Gasteiger partial charge in [-0.15, -0.1) is 5.06 Å². The summed E-state index contributed by atoms with van der Waals surface area (Å²) >= 11 is 0. The molecule has 0 radical (unpaired) electrons. The summed E-state index contributed by atoms with van der Waals surface area (Å²) in [5.41, 5.74) is 1.55. The lowest BCUT2D eigenvalue weighted by atomic mass is 9.89. The molecule has 6 nitrogen and oxygen atoms in total. The number of carbonyl (C=O) groups is 2. The molecule has 2 aliphatic rings.